The highest BCUT2D eigenvalue weighted by Gasteiger charge is 2.28. The summed E-state index contributed by atoms with van der Waals surface area (Å²) in [6.07, 6.45) is 3.84. The molecule has 0 aromatic rings. The first-order chi connectivity index (χ1) is 8.58. The molecule has 1 rings (SSSR count). The number of amides is 1. The fourth-order valence-electron chi connectivity index (χ4n) is 2.52. The molecular weight excluding hydrogens is 228 g/mol. The maximum Gasteiger partial charge on any atom is 0.222 e. The molecule has 1 aliphatic rings. The first-order valence-electron chi connectivity index (χ1n) is 7.09. The first kappa shape index (κ1) is 15.4. The Labute approximate surface area is 111 Å². The minimum Gasteiger partial charge on any atom is -0.379 e. The highest BCUT2D eigenvalue weighted by molar-refractivity contribution is 5.76. The Kier molecular flexibility index (Phi) is 6.65. The largest absolute Gasteiger partial charge is 0.379 e. The van der Waals surface area contributed by atoms with E-state index in [2.05, 4.69) is 13.8 Å². The predicted molar refractivity (Wildman–Crippen MR) is 73.2 cm³/mol. The zero-order valence-electron chi connectivity index (χ0n) is 12.0. The summed E-state index contributed by atoms with van der Waals surface area (Å²) < 4.78 is 5.44. The van der Waals surface area contributed by atoms with Crippen molar-refractivity contribution in [2.24, 2.45) is 17.6 Å². The van der Waals surface area contributed by atoms with E-state index in [4.69, 9.17) is 10.5 Å². The Balaban J connectivity index is 2.33. The summed E-state index contributed by atoms with van der Waals surface area (Å²) in [5.74, 6) is 1.36. The lowest BCUT2D eigenvalue weighted by atomic mass is 9.95. The number of piperidine rings is 1. The van der Waals surface area contributed by atoms with Crippen LogP contribution in [-0.2, 0) is 9.53 Å². The van der Waals surface area contributed by atoms with Crippen LogP contribution in [0.4, 0.5) is 0 Å². The molecule has 4 heteroatoms. The van der Waals surface area contributed by atoms with Gasteiger partial charge < -0.3 is 15.4 Å². The highest BCUT2D eigenvalue weighted by atomic mass is 16.5. The van der Waals surface area contributed by atoms with Gasteiger partial charge in [-0.1, -0.05) is 13.8 Å². The lowest BCUT2D eigenvalue weighted by Crippen LogP contribution is -2.46. The van der Waals surface area contributed by atoms with Crippen molar-refractivity contribution >= 4 is 5.91 Å². The van der Waals surface area contributed by atoms with Gasteiger partial charge >= 0.3 is 0 Å². The van der Waals surface area contributed by atoms with Gasteiger partial charge in [-0.2, -0.15) is 0 Å². The molecule has 3 atom stereocenters. The summed E-state index contributed by atoms with van der Waals surface area (Å²) >= 11 is 0. The van der Waals surface area contributed by atoms with Crippen LogP contribution in [0.25, 0.3) is 0 Å². The van der Waals surface area contributed by atoms with Gasteiger partial charge in [0.15, 0.2) is 0 Å². The molecule has 3 unspecified atom stereocenters. The van der Waals surface area contributed by atoms with Crippen molar-refractivity contribution < 1.29 is 9.53 Å². The zero-order chi connectivity index (χ0) is 13.5. The second-order valence-corrected chi connectivity index (χ2v) is 5.60. The summed E-state index contributed by atoms with van der Waals surface area (Å²) in [5.41, 5.74) is 5.52. The van der Waals surface area contributed by atoms with Crippen LogP contribution in [0.1, 0.15) is 39.5 Å². The summed E-state index contributed by atoms with van der Waals surface area (Å²) in [5, 5.41) is 0. The second kappa shape index (κ2) is 7.74. The van der Waals surface area contributed by atoms with Crippen molar-refractivity contribution in [1.29, 1.82) is 0 Å². The van der Waals surface area contributed by atoms with Crippen molar-refractivity contribution in [2.75, 3.05) is 26.7 Å². The highest BCUT2D eigenvalue weighted by Crippen LogP contribution is 2.21. The molecule has 0 saturated carbocycles. The van der Waals surface area contributed by atoms with Crippen LogP contribution in [0, 0.1) is 11.8 Å². The molecule has 18 heavy (non-hydrogen) atoms. The van der Waals surface area contributed by atoms with Gasteiger partial charge in [-0.3, -0.25) is 4.79 Å². The Bertz CT molecular complexity index is 258. The second-order valence-electron chi connectivity index (χ2n) is 5.60. The van der Waals surface area contributed by atoms with Crippen LogP contribution in [0.2, 0.25) is 0 Å². The SMILES string of the molecule is COC1CN(C(=O)CCC(C)CCN)CCC1C. The molecule has 1 fully saturated rings. The maximum atomic E-state index is 12.1. The normalized spacial score (nSPS) is 26.1. The van der Waals surface area contributed by atoms with Gasteiger partial charge in [0.25, 0.3) is 0 Å². The van der Waals surface area contributed by atoms with Crippen molar-refractivity contribution in [1.82, 2.24) is 4.90 Å². The van der Waals surface area contributed by atoms with Gasteiger partial charge in [0.2, 0.25) is 5.91 Å². The number of carbonyl (C=O) groups is 1. The average molecular weight is 256 g/mol. The zero-order valence-corrected chi connectivity index (χ0v) is 12.0. The minimum absolute atomic E-state index is 0.198. The number of carbonyl (C=O) groups excluding carboxylic acids is 1. The molecule has 0 aromatic carbocycles. The molecule has 2 N–H and O–H groups in total. The van der Waals surface area contributed by atoms with Crippen molar-refractivity contribution in [3.63, 3.8) is 0 Å². The molecule has 0 aromatic heterocycles. The van der Waals surface area contributed by atoms with Crippen LogP contribution in [0.5, 0.6) is 0 Å². The van der Waals surface area contributed by atoms with Gasteiger partial charge in [-0.25, -0.2) is 0 Å². The minimum atomic E-state index is 0.198. The lowest BCUT2D eigenvalue weighted by Gasteiger charge is -2.36. The fraction of sp³-hybridized carbons (Fsp3) is 0.929. The number of nitrogens with zero attached hydrogens (tertiary/aromatic N) is 1. The van der Waals surface area contributed by atoms with E-state index in [0.29, 0.717) is 24.8 Å². The number of nitrogens with two attached hydrogens (primary N) is 1. The van der Waals surface area contributed by atoms with E-state index in [9.17, 15) is 4.79 Å². The lowest BCUT2D eigenvalue weighted by molar-refractivity contribution is -0.136. The smallest absolute Gasteiger partial charge is 0.222 e. The topological polar surface area (TPSA) is 55.6 Å². The number of methoxy groups -OCH3 is 1. The van der Waals surface area contributed by atoms with Crippen molar-refractivity contribution in [3.8, 4) is 0 Å². The monoisotopic (exact) mass is 256 g/mol. The Morgan fingerprint density at radius 2 is 2.22 bits per heavy atom. The van der Waals surface area contributed by atoms with E-state index >= 15 is 0 Å². The van der Waals surface area contributed by atoms with E-state index < -0.39 is 0 Å². The van der Waals surface area contributed by atoms with Gasteiger partial charge in [0.05, 0.1) is 6.10 Å². The molecule has 0 spiro atoms. The summed E-state index contributed by atoms with van der Waals surface area (Å²) in [6, 6.07) is 0. The maximum absolute atomic E-state index is 12.1. The van der Waals surface area contributed by atoms with E-state index in [1.807, 2.05) is 4.90 Å². The molecule has 1 amide bonds. The van der Waals surface area contributed by atoms with E-state index in [0.717, 1.165) is 32.4 Å². The van der Waals surface area contributed by atoms with Crippen molar-refractivity contribution in [3.05, 3.63) is 0 Å². The van der Waals surface area contributed by atoms with Gasteiger partial charge in [0.1, 0.15) is 0 Å². The van der Waals surface area contributed by atoms with Crippen molar-refractivity contribution in [2.45, 2.75) is 45.6 Å². The Hall–Kier alpha value is -0.610. The molecular formula is C14H28N2O2. The third-order valence-electron chi connectivity index (χ3n) is 4.06. The van der Waals surface area contributed by atoms with Gasteiger partial charge in [-0.05, 0) is 37.6 Å². The van der Waals surface area contributed by atoms with E-state index in [-0.39, 0.29) is 12.0 Å². The molecule has 1 aliphatic heterocycles. The number of hydrogen-bond acceptors (Lipinski definition) is 3. The fourth-order valence-corrected chi connectivity index (χ4v) is 2.52. The third kappa shape index (κ3) is 4.58. The molecule has 1 heterocycles. The molecule has 1 saturated heterocycles. The Morgan fingerprint density at radius 3 is 2.83 bits per heavy atom. The number of rotatable bonds is 6. The molecule has 4 nitrogen and oxygen atoms in total. The quantitative estimate of drug-likeness (QED) is 0.786. The molecule has 0 bridgehead atoms. The molecule has 0 aliphatic carbocycles. The van der Waals surface area contributed by atoms with Crippen LogP contribution in [0.15, 0.2) is 0 Å². The number of ether oxygens (including phenoxy) is 1. The van der Waals surface area contributed by atoms with E-state index in [1.54, 1.807) is 7.11 Å². The summed E-state index contributed by atoms with van der Waals surface area (Å²) in [4.78, 5) is 14.1. The predicted octanol–water partition coefficient (Wildman–Crippen LogP) is 1.63. The molecule has 106 valence electrons. The van der Waals surface area contributed by atoms with Crippen LogP contribution >= 0.6 is 0 Å². The standard InChI is InChI=1S/C14H28N2O2/c1-11(6-8-15)4-5-14(17)16-9-7-12(2)13(10-16)18-3/h11-13H,4-10,15H2,1-3H3. The third-order valence-corrected chi connectivity index (χ3v) is 4.06. The Morgan fingerprint density at radius 1 is 1.50 bits per heavy atom. The van der Waals surface area contributed by atoms with Crippen LogP contribution < -0.4 is 5.73 Å². The number of hydrogen-bond donors (Lipinski definition) is 1. The summed E-state index contributed by atoms with van der Waals surface area (Å²) in [7, 11) is 1.73. The van der Waals surface area contributed by atoms with Crippen LogP contribution in [-0.4, -0.2) is 43.7 Å². The van der Waals surface area contributed by atoms with E-state index in [1.165, 1.54) is 0 Å². The van der Waals surface area contributed by atoms with Gasteiger partial charge in [0, 0.05) is 26.6 Å². The van der Waals surface area contributed by atoms with Gasteiger partial charge in [-0.15, -0.1) is 0 Å². The number of likely N-dealkylation sites (tertiary alicyclic amines) is 1. The average Bonchev–Trinajstić information content (AvgIpc) is 2.37. The summed E-state index contributed by atoms with van der Waals surface area (Å²) in [6.45, 7) is 6.70. The van der Waals surface area contributed by atoms with Crippen LogP contribution in [0.3, 0.4) is 0 Å². The first-order valence-corrected chi connectivity index (χ1v) is 7.09. The molecule has 0 radical (unpaired) electrons.